The van der Waals surface area contributed by atoms with Crippen LogP contribution in [0.4, 0.5) is 4.39 Å². The van der Waals surface area contributed by atoms with Gasteiger partial charge in [-0.15, -0.1) is 5.10 Å². The highest BCUT2D eigenvalue weighted by atomic mass is 19.1. The van der Waals surface area contributed by atoms with Crippen LogP contribution in [0.1, 0.15) is 47.1 Å². The molecule has 4 heteroatoms. The summed E-state index contributed by atoms with van der Waals surface area (Å²) < 4.78 is 14.5. The van der Waals surface area contributed by atoms with Gasteiger partial charge in [0, 0.05) is 12.4 Å². The van der Waals surface area contributed by atoms with Crippen LogP contribution in [0.3, 0.4) is 0 Å². The minimum atomic E-state index is -0.466. The second-order valence-electron chi connectivity index (χ2n) is 9.30. The van der Waals surface area contributed by atoms with Crippen molar-refractivity contribution >= 4 is 34.2 Å². The standard InChI is InChI=1S/C32H26FN3/c33-32-28-20-27(17-18-29(28)35-36-32)31(30(25-9-4-10-25)24-7-2-1-3-8-24)26-15-13-22(14-16-26)11-12-23-6-5-19-34-21-23/h1-3,5-8,11-21,25H,4,9-10H2,(H,35,36). The Bertz CT molecular complexity index is 1540. The van der Waals surface area contributed by atoms with Gasteiger partial charge in [0.05, 0.1) is 10.9 Å². The average molecular weight is 472 g/mol. The Kier molecular flexibility index (Phi) is 6.00. The van der Waals surface area contributed by atoms with Crippen LogP contribution < -0.4 is 0 Å². The molecule has 0 radical (unpaired) electrons. The highest BCUT2D eigenvalue weighted by molar-refractivity contribution is 6.01. The smallest absolute Gasteiger partial charge is 0.240 e. The van der Waals surface area contributed by atoms with Crippen molar-refractivity contribution < 1.29 is 4.39 Å². The van der Waals surface area contributed by atoms with Crippen LogP contribution in [0.25, 0.3) is 34.2 Å². The van der Waals surface area contributed by atoms with Crippen LogP contribution in [0.15, 0.2) is 97.3 Å². The van der Waals surface area contributed by atoms with E-state index in [1.807, 2.05) is 30.5 Å². The Hall–Kier alpha value is -4.31. The molecule has 1 fully saturated rings. The van der Waals surface area contributed by atoms with E-state index in [9.17, 15) is 4.39 Å². The minimum Gasteiger partial charge on any atom is -0.275 e. The summed E-state index contributed by atoms with van der Waals surface area (Å²) in [6.45, 7) is 0. The molecule has 176 valence electrons. The number of rotatable bonds is 6. The van der Waals surface area contributed by atoms with Gasteiger partial charge in [-0.25, -0.2) is 0 Å². The molecule has 3 nitrogen and oxygen atoms in total. The lowest BCUT2D eigenvalue weighted by Crippen LogP contribution is -2.15. The third kappa shape index (κ3) is 4.38. The summed E-state index contributed by atoms with van der Waals surface area (Å²) in [6, 6.07) is 29.2. The lowest BCUT2D eigenvalue weighted by atomic mass is 9.73. The lowest BCUT2D eigenvalue weighted by Gasteiger charge is -2.31. The number of nitrogens with zero attached hydrogens (tertiary/aromatic N) is 2. The molecule has 36 heavy (non-hydrogen) atoms. The predicted octanol–water partition coefficient (Wildman–Crippen LogP) is 8.03. The molecule has 5 aromatic rings. The molecule has 0 aliphatic heterocycles. The van der Waals surface area contributed by atoms with E-state index in [2.05, 4.69) is 88.0 Å². The largest absolute Gasteiger partial charge is 0.275 e. The van der Waals surface area contributed by atoms with Crippen LogP contribution in [0, 0.1) is 11.9 Å². The van der Waals surface area contributed by atoms with E-state index in [4.69, 9.17) is 0 Å². The first-order valence-corrected chi connectivity index (χ1v) is 12.4. The lowest BCUT2D eigenvalue weighted by molar-refractivity contribution is 0.401. The van der Waals surface area contributed by atoms with Gasteiger partial charge in [-0.05, 0) is 75.9 Å². The van der Waals surface area contributed by atoms with Gasteiger partial charge in [0.2, 0.25) is 5.95 Å². The van der Waals surface area contributed by atoms with Crippen molar-refractivity contribution in [2.75, 3.05) is 0 Å². The molecule has 1 aliphatic rings. The van der Waals surface area contributed by atoms with Gasteiger partial charge in [-0.1, -0.05) is 85.3 Å². The molecule has 0 bridgehead atoms. The van der Waals surface area contributed by atoms with Gasteiger partial charge in [0.1, 0.15) is 0 Å². The van der Waals surface area contributed by atoms with Gasteiger partial charge < -0.3 is 0 Å². The third-order valence-electron chi connectivity index (χ3n) is 7.02. The van der Waals surface area contributed by atoms with Gasteiger partial charge in [-0.3, -0.25) is 10.1 Å². The molecule has 6 rings (SSSR count). The number of halogens is 1. The molecule has 0 atom stereocenters. The van der Waals surface area contributed by atoms with Crippen molar-refractivity contribution in [2.24, 2.45) is 5.92 Å². The SMILES string of the molecule is Fc1n[nH]c2ccc(C(=C(c3ccccc3)C3CCC3)c3ccc(C=Cc4cccnc4)cc3)cc12. The van der Waals surface area contributed by atoms with Gasteiger partial charge in [-0.2, -0.15) is 4.39 Å². The molecule has 0 spiro atoms. The van der Waals surface area contributed by atoms with Gasteiger partial charge in [0.15, 0.2) is 0 Å². The molecular formula is C32H26FN3. The number of hydrogen-bond acceptors (Lipinski definition) is 2. The average Bonchev–Trinajstić information content (AvgIpc) is 3.28. The van der Waals surface area contributed by atoms with Crippen LogP contribution in [-0.4, -0.2) is 15.2 Å². The third-order valence-corrected chi connectivity index (χ3v) is 7.02. The van der Waals surface area contributed by atoms with E-state index >= 15 is 0 Å². The molecule has 0 saturated heterocycles. The highest BCUT2D eigenvalue weighted by Crippen LogP contribution is 2.45. The van der Waals surface area contributed by atoms with Crippen molar-refractivity contribution in [2.45, 2.75) is 19.3 Å². The second kappa shape index (κ2) is 9.74. The zero-order valence-corrected chi connectivity index (χ0v) is 19.9. The van der Waals surface area contributed by atoms with E-state index in [0.29, 0.717) is 16.8 Å². The number of benzene rings is 3. The molecule has 2 aromatic heterocycles. The zero-order chi connectivity index (χ0) is 24.3. The van der Waals surface area contributed by atoms with E-state index in [-0.39, 0.29) is 0 Å². The monoisotopic (exact) mass is 471 g/mol. The van der Waals surface area contributed by atoms with E-state index < -0.39 is 5.95 Å². The van der Waals surface area contributed by atoms with Crippen molar-refractivity contribution in [3.8, 4) is 0 Å². The Morgan fingerprint density at radius 2 is 1.58 bits per heavy atom. The van der Waals surface area contributed by atoms with Crippen molar-refractivity contribution in [3.63, 3.8) is 0 Å². The Balaban J connectivity index is 1.49. The minimum absolute atomic E-state index is 0.466. The molecular weight excluding hydrogens is 445 g/mol. The summed E-state index contributed by atoms with van der Waals surface area (Å²) in [5, 5.41) is 7.07. The number of aromatic amines is 1. The van der Waals surface area contributed by atoms with Crippen LogP contribution in [0.2, 0.25) is 0 Å². The Labute approximate surface area is 210 Å². The fourth-order valence-electron chi connectivity index (χ4n) is 4.94. The fraction of sp³-hybridized carbons (Fsp3) is 0.125. The number of nitrogens with one attached hydrogen (secondary N) is 1. The van der Waals surface area contributed by atoms with Crippen molar-refractivity contribution in [1.82, 2.24) is 15.2 Å². The maximum Gasteiger partial charge on any atom is 0.240 e. The number of pyridine rings is 1. The Morgan fingerprint density at radius 3 is 2.31 bits per heavy atom. The van der Waals surface area contributed by atoms with Crippen molar-refractivity contribution in [1.29, 1.82) is 0 Å². The molecule has 1 saturated carbocycles. The van der Waals surface area contributed by atoms with Gasteiger partial charge in [0.25, 0.3) is 0 Å². The molecule has 3 aromatic carbocycles. The number of hydrogen-bond donors (Lipinski definition) is 1. The topological polar surface area (TPSA) is 41.6 Å². The first-order chi connectivity index (χ1) is 17.8. The normalized spacial score (nSPS) is 14.7. The summed E-state index contributed by atoms with van der Waals surface area (Å²) in [4.78, 5) is 4.18. The first kappa shape index (κ1) is 22.2. The summed E-state index contributed by atoms with van der Waals surface area (Å²) in [6.07, 6.45) is 11.4. The summed E-state index contributed by atoms with van der Waals surface area (Å²) in [5.74, 6) is 0.0180. The molecule has 0 unspecified atom stereocenters. The molecule has 1 aliphatic carbocycles. The summed E-state index contributed by atoms with van der Waals surface area (Å²) >= 11 is 0. The predicted molar refractivity (Wildman–Crippen MR) is 145 cm³/mol. The zero-order valence-electron chi connectivity index (χ0n) is 19.9. The van der Waals surface area contributed by atoms with E-state index in [0.717, 1.165) is 27.8 Å². The van der Waals surface area contributed by atoms with Crippen LogP contribution in [-0.2, 0) is 0 Å². The number of aromatic nitrogens is 3. The second-order valence-corrected chi connectivity index (χ2v) is 9.30. The van der Waals surface area contributed by atoms with Gasteiger partial charge >= 0.3 is 0 Å². The number of H-pyrrole nitrogens is 1. The van der Waals surface area contributed by atoms with E-state index in [1.54, 1.807) is 6.20 Å². The van der Waals surface area contributed by atoms with Crippen LogP contribution >= 0.6 is 0 Å². The summed E-state index contributed by atoms with van der Waals surface area (Å²) in [5.41, 5.74) is 8.74. The fourth-order valence-corrected chi connectivity index (χ4v) is 4.94. The molecule has 1 N–H and O–H groups in total. The number of fused-ring (bicyclic) bond motifs is 1. The van der Waals surface area contributed by atoms with Crippen LogP contribution in [0.5, 0.6) is 0 Å². The maximum atomic E-state index is 14.5. The molecule has 2 heterocycles. The quantitative estimate of drug-likeness (QED) is 0.255. The molecule has 0 amide bonds. The number of allylic oxidation sites excluding steroid dienone is 1. The van der Waals surface area contributed by atoms with E-state index in [1.165, 1.54) is 30.4 Å². The highest BCUT2D eigenvalue weighted by Gasteiger charge is 2.27. The maximum absolute atomic E-state index is 14.5. The summed E-state index contributed by atoms with van der Waals surface area (Å²) in [7, 11) is 0. The Morgan fingerprint density at radius 1 is 0.806 bits per heavy atom. The first-order valence-electron chi connectivity index (χ1n) is 12.4. The van der Waals surface area contributed by atoms with Crippen molar-refractivity contribution in [3.05, 3.63) is 131 Å².